The fourth-order valence-corrected chi connectivity index (χ4v) is 1.11. The maximum absolute atomic E-state index is 10.4. The van der Waals surface area contributed by atoms with Crippen molar-refractivity contribution in [1.29, 1.82) is 0 Å². The zero-order valence-corrected chi connectivity index (χ0v) is 8.07. The average molecular weight is 213 g/mol. The third-order valence-electron chi connectivity index (χ3n) is 1.92. The molecule has 0 spiro atoms. The summed E-state index contributed by atoms with van der Waals surface area (Å²) in [5.74, 6) is -0.153. The van der Waals surface area contributed by atoms with Crippen molar-refractivity contribution in [2.45, 2.75) is 19.4 Å². The van der Waals surface area contributed by atoms with Crippen LogP contribution in [-0.2, 0) is 0 Å². The van der Waals surface area contributed by atoms with Crippen LogP contribution in [0.5, 0.6) is 0 Å². The molecule has 15 heavy (non-hydrogen) atoms. The van der Waals surface area contributed by atoms with Crippen molar-refractivity contribution in [1.82, 2.24) is 9.55 Å². The lowest BCUT2D eigenvalue weighted by molar-refractivity contribution is -0.389. The standard InChI is InChI=1S/C7H11N5O3/c1-5(2-6(8)10-13)11-3-7(9-4-11)12(14)15/h3-5,13H,2H2,1H3,(H2,8,10). The molecule has 0 amide bonds. The van der Waals surface area contributed by atoms with Crippen molar-refractivity contribution in [3.05, 3.63) is 22.6 Å². The van der Waals surface area contributed by atoms with Gasteiger partial charge in [0.25, 0.3) is 0 Å². The zero-order valence-electron chi connectivity index (χ0n) is 8.07. The van der Waals surface area contributed by atoms with E-state index in [-0.39, 0.29) is 17.7 Å². The Kier molecular flexibility index (Phi) is 3.21. The smallest absolute Gasteiger partial charge is 0.381 e. The molecular weight excluding hydrogens is 202 g/mol. The van der Waals surface area contributed by atoms with E-state index in [2.05, 4.69) is 10.1 Å². The number of oxime groups is 1. The van der Waals surface area contributed by atoms with Crippen molar-refractivity contribution in [2.24, 2.45) is 10.9 Å². The summed E-state index contributed by atoms with van der Waals surface area (Å²) in [4.78, 5) is 13.4. The van der Waals surface area contributed by atoms with Gasteiger partial charge < -0.3 is 25.6 Å². The van der Waals surface area contributed by atoms with Crippen LogP contribution in [-0.4, -0.2) is 25.5 Å². The minimum Gasteiger partial charge on any atom is -0.409 e. The Hall–Kier alpha value is -2.12. The molecule has 8 heteroatoms. The molecule has 0 aliphatic rings. The molecule has 0 saturated heterocycles. The van der Waals surface area contributed by atoms with Crippen LogP contribution in [0.25, 0.3) is 0 Å². The zero-order chi connectivity index (χ0) is 11.4. The van der Waals surface area contributed by atoms with Gasteiger partial charge in [0, 0.05) is 12.5 Å². The van der Waals surface area contributed by atoms with E-state index in [9.17, 15) is 10.1 Å². The van der Waals surface area contributed by atoms with Crippen LogP contribution in [0.4, 0.5) is 5.82 Å². The Balaban J connectivity index is 2.74. The predicted molar refractivity (Wildman–Crippen MR) is 51.6 cm³/mol. The molecule has 0 radical (unpaired) electrons. The normalized spacial score (nSPS) is 13.8. The summed E-state index contributed by atoms with van der Waals surface area (Å²) >= 11 is 0. The molecule has 3 N–H and O–H groups in total. The first-order valence-electron chi connectivity index (χ1n) is 4.19. The number of aromatic nitrogens is 2. The molecule has 8 nitrogen and oxygen atoms in total. The van der Waals surface area contributed by atoms with Gasteiger partial charge in [-0.1, -0.05) is 5.16 Å². The highest BCUT2D eigenvalue weighted by atomic mass is 16.6. The molecule has 0 aliphatic carbocycles. The van der Waals surface area contributed by atoms with Crippen molar-refractivity contribution in [3.8, 4) is 0 Å². The Labute approximate surface area is 85.2 Å². The molecule has 0 saturated carbocycles. The summed E-state index contributed by atoms with van der Waals surface area (Å²) in [6.45, 7) is 1.78. The number of rotatable bonds is 4. The molecule has 1 atom stereocenters. The molecule has 0 aromatic carbocycles. The van der Waals surface area contributed by atoms with Crippen LogP contribution in [0.15, 0.2) is 17.7 Å². The van der Waals surface area contributed by atoms with Crippen molar-refractivity contribution in [3.63, 3.8) is 0 Å². The second-order valence-electron chi connectivity index (χ2n) is 3.08. The minimum atomic E-state index is -0.577. The van der Waals surface area contributed by atoms with Gasteiger partial charge >= 0.3 is 5.82 Å². The van der Waals surface area contributed by atoms with Gasteiger partial charge in [0.2, 0.25) is 6.33 Å². The lowest BCUT2D eigenvalue weighted by Crippen LogP contribution is -2.17. The predicted octanol–water partition coefficient (Wildman–Crippen LogP) is 0.489. The number of nitrogens with zero attached hydrogens (tertiary/aromatic N) is 4. The van der Waals surface area contributed by atoms with Crippen LogP contribution in [0.2, 0.25) is 0 Å². The van der Waals surface area contributed by atoms with E-state index in [0.29, 0.717) is 6.42 Å². The van der Waals surface area contributed by atoms with E-state index in [1.54, 1.807) is 6.92 Å². The van der Waals surface area contributed by atoms with E-state index in [1.807, 2.05) is 0 Å². The summed E-state index contributed by atoms with van der Waals surface area (Å²) in [6, 6.07) is -0.151. The highest BCUT2D eigenvalue weighted by Gasteiger charge is 2.14. The summed E-state index contributed by atoms with van der Waals surface area (Å²) in [7, 11) is 0. The van der Waals surface area contributed by atoms with Gasteiger partial charge in [-0.05, 0) is 16.8 Å². The van der Waals surface area contributed by atoms with Crippen LogP contribution >= 0.6 is 0 Å². The first-order chi connectivity index (χ1) is 7.04. The quantitative estimate of drug-likeness (QED) is 0.248. The van der Waals surface area contributed by atoms with Crippen LogP contribution in [0.1, 0.15) is 19.4 Å². The fraction of sp³-hybridized carbons (Fsp3) is 0.429. The third kappa shape index (κ3) is 2.66. The summed E-state index contributed by atoms with van der Waals surface area (Å²) in [5.41, 5.74) is 5.31. The van der Waals surface area contributed by atoms with Gasteiger partial charge in [-0.3, -0.25) is 0 Å². The second-order valence-corrected chi connectivity index (χ2v) is 3.08. The lowest BCUT2D eigenvalue weighted by atomic mass is 10.2. The average Bonchev–Trinajstić information content (AvgIpc) is 2.66. The number of amidine groups is 1. The van der Waals surface area contributed by atoms with Crippen molar-refractivity contribution < 1.29 is 10.1 Å². The van der Waals surface area contributed by atoms with Crippen LogP contribution in [0, 0.1) is 10.1 Å². The Morgan fingerprint density at radius 3 is 3.07 bits per heavy atom. The SMILES string of the molecule is CC(CC(N)=NO)n1cnc([N+](=O)[O-])c1. The Morgan fingerprint density at radius 2 is 2.60 bits per heavy atom. The van der Waals surface area contributed by atoms with Gasteiger partial charge in [-0.25, -0.2) is 0 Å². The Morgan fingerprint density at radius 1 is 1.93 bits per heavy atom. The molecule has 82 valence electrons. The summed E-state index contributed by atoms with van der Waals surface area (Å²) in [5, 5.41) is 21.5. The molecule has 1 unspecified atom stereocenters. The number of nitro groups is 1. The molecular formula is C7H11N5O3. The van der Waals surface area contributed by atoms with Gasteiger partial charge in [0.05, 0.1) is 0 Å². The first-order valence-corrected chi connectivity index (χ1v) is 4.19. The topological polar surface area (TPSA) is 120 Å². The Bertz CT molecular complexity index is 386. The maximum Gasteiger partial charge on any atom is 0.381 e. The number of hydrogen-bond donors (Lipinski definition) is 2. The van der Waals surface area contributed by atoms with E-state index in [4.69, 9.17) is 10.9 Å². The highest BCUT2D eigenvalue weighted by molar-refractivity contribution is 5.79. The largest absolute Gasteiger partial charge is 0.409 e. The van der Waals surface area contributed by atoms with Crippen LogP contribution < -0.4 is 5.73 Å². The second kappa shape index (κ2) is 4.40. The molecule has 1 rings (SSSR count). The first kappa shape index (κ1) is 11.0. The van der Waals surface area contributed by atoms with E-state index >= 15 is 0 Å². The molecule has 1 aromatic rings. The van der Waals surface area contributed by atoms with E-state index < -0.39 is 4.92 Å². The number of hydrogen-bond acceptors (Lipinski definition) is 5. The summed E-state index contributed by atoms with van der Waals surface area (Å²) in [6.07, 6.45) is 2.94. The highest BCUT2D eigenvalue weighted by Crippen LogP contribution is 2.14. The van der Waals surface area contributed by atoms with E-state index in [1.165, 1.54) is 17.1 Å². The van der Waals surface area contributed by atoms with Crippen molar-refractivity contribution in [2.75, 3.05) is 0 Å². The van der Waals surface area contributed by atoms with Gasteiger partial charge in [-0.15, -0.1) is 0 Å². The number of imidazole rings is 1. The monoisotopic (exact) mass is 213 g/mol. The fourth-order valence-electron chi connectivity index (χ4n) is 1.11. The van der Waals surface area contributed by atoms with Crippen molar-refractivity contribution >= 4 is 11.7 Å². The lowest BCUT2D eigenvalue weighted by Gasteiger charge is -2.09. The molecule has 1 aromatic heterocycles. The van der Waals surface area contributed by atoms with Gasteiger partial charge in [0.1, 0.15) is 12.0 Å². The van der Waals surface area contributed by atoms with Gasteiger partial charge in [0.15, 0.2) is 0 Å². The maximum atomic E-state index is 10.4. The molecule has 0 fully saturated rings. The van der Waals surface area contributed by atoms with Crippen LogP contribution in [0.3, 0.4) is 0 Å². The summed E-state index contributed by atoms with van der Waals surface area (Å²) < 4.78 is 1.54. The molecule has 0 bridgehead atoms. The molecule has 0 aliphatic heterocycles. The van der Waals surface area contributed by atoms with Gasteiger partial charge in [-0.2, -0.15) is 0 Å². The van der Waals surface area contributed by atoms with E-state index in [0.717, 1.165) is 0 Å². The minimum absolute atomic E-state index is 0.0684. The molecule has 1 heterocycles. The third-order valence-corrected chi connectivity index (χ3v) is 1.92. The number of nitrogens with two attached hydrogens (primary N) is 1.